The lowest BCUT2D eigenvalue weighted by Crippen LogP contribution is -2.32. The molecule has 0 rings (SSSR count). The van der Waals surface area contributed by atoms with Crippen molar-refractivity contribution in [3.63, 3.8) is 0 Å². The number of hydrogen-bond donors (Lipinski definition) is 2. The van der Waals surface area contributed by atoms with Crippen molar-refractivity contribution in [3.8, 4) is 0 Å². The zero-order chi connectivity index (χ0) is 39.3. The number of hydrogen-bond acceptors (Lipinski definition) is 7. The van der Waals surface area contributed by atoms with Crippen LogP contribution in [-0.2, 0) is 19.0 Å². The van der Waals surface area contributed by atoms with Crippen LogP contribution in [0.2, 0.25) is 0 Å². The molecule has 0 aromatic carbocycles. The number of carbonyl (C=O) groups is 1. The van der Waals surface area contributed by atoms with Gasteiger partial charge >= 0.3 is 5.97 Å². The third kappa shape index (κ3) is 41.9. The van der Waals surface area contributed by atoms with Crippen LogP contribution in [0.3, 0.4) is 0 Å². The molecule has 320 valence electrons. The number of allylic oxidation sites excluding steroid dienone is 4. The molecule has 2 N–H and O–H groups in total. The second kappa shape index (κ2) is 46.1. The molecule has 0 aromatic rings. The smallest absolute Gasteiger partial charge is 0.306 e. The van der Waals surface area contributed by atoms with Gasteiger partial charge in [-0.25, -0.2) is 0 Å². The predicted molar refractivity (Wildman–Crippen MR) is 230 cm³/mol. The van der Waals surface area contributed by atoms with Gasteiger partial charge < -0.3 is 24.4 Å². The van der Waals surface area contributed by atoms with Crippen molar-refractivity contribution in [2.45, 2.75) is 213 Å². The van der Waals surface area contributed by atoms with Gasteiger partial charge in [-0.2, -0.15) is 0 Å². The highest BCUT2D eigenvalue weighted by Crippen LogP contribution is 2.12. The highest BCUT2D eigenvalue weighted by atomic mass is 16.6. The molecule has 0 fully saturated rings. The first-order valence-electron chi connectivity index (χ1n) is 23.3. The molecule has 0 saturated carbocycles. The van der Waals surface area contributed by atoms with Gasteiger partial charge in [0.15, 0.2) is 0 Å². The summed E-state index contributed by atoms with van der Waals surface area (Å²) in [5.41, 5.74) is 0. The summed E-state index contributed by atoms with van der Waals surface area (Å²) < 4.78 is 17.8. The van der Waals surface area contributed by atoms with E-state index >= 15 is 0 Å². The molecule has 0 spiro atoms. The lowest BCUT2D eigenvalue weighted by Gasteiger charge is -2.21. The molecule has 0 unspecified atom stereocenters. The van der Waals surface area contributed by atoms with Gasteiger partial charge in [0.25, 0.3) is 0 Å². The number of unbranched alkanes of at least 4 members (excludes halogenated alkanes) is 24. The van der Waals surface area contributed by atoms with Crippen molar-refractivity contribution in [3.05, 3.63) is 24.3 Å². The summed E-state index contributed by atoms with van der Waals surface area (Å²) in [5, 5.41) is 18.5. The summed E-state index contributed by atoms with van der Waals surface area (Å²) in [6.45, 7) is 8.34. The van der Waals surface area contributed by atoms with Crippen molar-refractivity contribution >= 4 is 5.97 Å². The number of nitrogens with zero attached hydrogens (tertiary/aromatic N) is 1. The minimum absolute atomic E-state index is 0.0369. The monoisotopic (exact) mass is 766 g/mol. The Kier molecular flexibility index (Phi) is 45.1. The Morgan fingerprint density at radius 3 is 1.20 bits per heavy atom. The highest BCUT2D eigenvalue weighted by Gasteiger charge is 2.16. The lowest BCUT2D eigenvalue weighted by molar-refractivity contribution is -0.156. The molecule has 54 heavy (non-hydrogen) atoms. The van der Waals surface area contributed by atoms with E-state index < -0.39 is 6.10 Å². The average molecular weight is 766 g/mol. The number of esters is 1. The molecule has 0 radical (unpaired) electrons. The normalized spacial score (nSPS) is 12.5. The Balaban J connectivity index is 4.12. The van der Waals surface area contributed by atoms with Crippen LogP contribution in [0.15, 0.2) is 24.3 Å². The molecule has 0 aromatic heterocycles. The summed E-state index contributed by atoms with van der Waals surface area (Å²) in [4.78, 5) is 14.6. The van der Waals surface area contributed by atoms with Gasteiger partial charge in [-0.1, -0.05) is 154 Å². The molecule has 0 bridgehead atoms. The van der Waals surface area contributed by atoms with Gasteiger partial charge in [-0.15, -0.1) is 0 Å². The van der Waals surface area contributed by atoms with E-state index in [-0.39, 0.29) is 19.2 Å². The van der Waals surface area contributed by atoms with Crippen molar-refractivity contribution in [1.29, 1.82) is 0 Å². The highest BCUT2D eigenvalue weighted by molar-refractivity contribution is 5.69. The van der Waals surface area contributed by atoms with E-state index in [1.807, 2.05) is 4.90 Å². The van der Waals surface area contributed by atoms with Gasteiger partial charge in [0.2, 0.25) is 0 Å². The van der Waals surface area contributed by atoms with E-state index in [2.05, 4.69) is 38.2 Å². The number of rotatable bonds is 45. The molecule has 7 heteroatoms. The number of ether oxygens (including phenoxy) is 3. The fraction of sp³-hybridized carbons (Fsp3) is 0.894. The van der Waals surface area contributed by atoms with E-state index in [0.29, 0.717) is 58.9 Å². The number of aliphatic hydroxyl groups excluding tert-OH is 2. The Morgan fingerprint density at radius 2 is 0.833 bits per heavy atom. The van der Waals surface area contributed by atoms with E-state index in [1.54, 1.807) is 0 Å². The molecule has 7 nitrogen and oxygen atoms in total. The molecule has 0 heterocycles. The standard InChI is InChI=1S/C47H91NO6/c1-3-5-7-9-11-13-15-17-19-21-23-25-27-29-31-33-42-52-44-46(54-47(51)36-35-37-48(38-40-49)39-41-50)45-53-43-34-32-30-28-26-24-22-20-18-16-14-12-10-8-6-4-2/h17-20,46,49-50H,3-16,21-45H2,1-2H3. The second-order valence-electron chi connectivity index (χ2n) is 15.5. The Morgan fingerprint density at radius 1 is 0.481 bits per heavy atom. The van der Waals surface area contributed by atoms with Gasteiger partial charge in [-0.3, -0.25) is 9.69 Å². The van der Waals surface area contributed by atoms with Crippen molar-refractivity contribution < 1.29 is 29.2 Å². The van der Waals surface area contributed by atoms with Crippen LogP contribution >= 0.6 is 0 Å². The second-order valence-corrected chi connectivity index (χ2v) is 15.5. The quantitative estimate of drug-likeness (QED) is 0.0362. The van der Waals surface area contributed by atoms with Crippen LogP contribution in [0.1, 0.15) is 206 Å². The number of carbonyl (C=O) groups excluding carboxylic acids is 1. The fourth-order valence-corrected chi connectivity index (χ4v) is 6.76. The Hall–Kier alpha value is -1.25. The van der Waals surface area contributed by atoms with E-state index in [9.17, 15) is 15.0 Å². The minimum atomic E-state index is -0.397. The predicted octanol–water partition coefficient (Wildman–Crippen LogP) is 12.1. The molecule has 0 aliphatic carbocycles. The van der Waals surface area contributed by atoms with Crippen LogP contribution in [0.5, 0.6) is 0 Å². The zero-order valence-electron chi connectivity index (χ0n) is 35.9. The Labute approximate surface area is 335 Å². The minimum Gasteiger partial charge on any atom is -0.457 e. The molecule has 0 atom stereocenters. The third-order valence-electron chi connectivity index (χ3n) is 10.2. The van der Waals surface area contributed by atoms with Crippen molar-refractivity contribution in [1.82, 2.24) is 4.90 Å². The zero-order valence-corrected chi connectivity index (χ0v) is 35.9. The average Bonchev–Trinajstić information content (AvgIpc) is 3.17. The van der Waals surface area contributed by atoms with Crippen molar-refractivity contribution in [2.75, 3.05) is 59.3 Å². The van der Waals surface area contributed by atoms with Gasteiger partial charge in [0.05, 0.1) is 26.4 Å². The van der Waals surface area contributed by atoms with Gasteiger partial charge in [-0.05, 0) is 77.2 Å². The maximum absolute atomic E-state index is 12.7. The summed E-state index contributed by atoms with van der Waals surface area (Å²) in [7, 11) is 0. The topological polar surface area (TPSA) is 88.5 Å². The van der Waals surface area contributed by atoms with Gasteiger partial charge in [0.1, 0.15) is 6.10 Å². The maximum atomic E-state index is 12.7. The van der Waals surface area contributed by atoms with Crippen LogP contribution < -0.4 is 0 Å². The summed E-state index contributed by atoms with van der Waals surface area (Å²) >= 11 is 0. The first-order valence-corrected chi connectivity index (χ1v) is 23.3. The SMILES string of the molecule is CCCCCCCCC=CCCCCCCCCOCC(COCCCCCCCCC=CCCCCCCCC)OC(=O)CCCN(CCO)CCO. The number of aliphatic hydroxyl groups is 2. The summed E-state index contributed by atoms with van der Waals surface area (Å²) in [6, 6.07) is 0. The third-order valence-corrected chi connectivity index (χ3v) is 10.2. The van der Waals surface area contributed by atoms with Crippen LogP contribution in [0.4, 0.5) is 0 Å². The van der Waals surface area contributed by atoms with E-state index in [4.69, 9.17) is 14.2 Å². The maximum Gasteiger partial charge on any atom is 0.306 e. The van der Waals surface area contributed by atoms with E-state index in [1.165, 1.54) is 167 Å². The molecule has 0 saturated heterocycles. The first kappa shape index (κ1) is 52.8. The van der Waals surface area contributed by atoms with Crippen LogP contribution in [-0.4, -0.2) is 86.5 Å². The molecule has 0 amide bonds. The van der Waals surface area contributed by atoms with Gasteiger partial charge in [0, 0.05) is 32.7 Å². The van der Waals surface area contributed by atoms with Crippen LogP contribution in [0, 0.1) is 0 Å². The van der Waals surface area contributed by atoms with Crippen LogP contribution in [0.25, 0.3) is 0 Å². The molecule has 0 aliphatic rings. The molecule has 0 aliphatic heterocycles. The largest absolute Gasteiger partial charge is 0.457 e. The van der Waals surface area contributed by atoms with E-state index in [0.717, 1.165) is 12.8 Å². The fourth-order valence-electron chi connectivity index (χ4n) is 6.76. The summed E-state index contributed by atoms with van der Waals surface area (Å²) in [6.07, 6.45) is 46.0. The lowest BCUT2D eigenvalue weighted by atomic mass is 10.1. The first-order chi connectivity index (χ1) is 26.7. The molecular weight excluding hydrogens is 675 g/mol. The summed E-state index contributed by atoms with van der Waals surface area (Å²) in [5.74, 6) is -0.241. The Bertz CT molecular complexity index is 738. The van der Waals surface area contributed by atoms with Crippen molar-refractivity contribution in [2.24, 2.45) is 0 Å². The molecular formula is C47H91NO6.